The summed E-state index contributed by atoms with van der Waals surface area (Å²) in [7, 11) is 3.63. The lowest BCUT2D eigenvalue weighted by Crippen LogP contribution is -2.49. The highest BCUT2D eigenvalue weighted by Gasteiger charge is 2.31. The van der Waals surface area contributed by atoms with Gasteiger partial charge in [-0.05, 0) is 24.6 Å². The van der Waals surface area contributed by atoms with Gasteiger partial charge in [-0.3, -0.25) is 14.0 Å². The van der Waals surface area contributed by atoms with Crippen LogP contribution in [0.5, 0.6) is 0 Å². The number of carbonyl (C=O) groups is 1. The summed E-state index contributed by atoms with van der Waals surface area (Å²) in [4.78, 5) is 35.4. The van der Waals surface area contributed by atoms with E-state index in [1.165, 1.54) is 6.08 Å². The molecule has 4 aromatic rings. The lowest BCUT2D eigenvalue weighted by atomic mass is 9.95. The molecule has 6 rings (SSSR count). The maximum atomic E-state index is 13.6. The number of aryl methyl sites for hydroxylation is 2. The number of nitrogens with zero attached hydrogens (tertiary/aromatic N) is 6. The lowest BCUT2D eigenvalue weighted by molar-refractivity contribution is -0.126. The number of carbonyl (C=O) groups excluding carboxylic acids is 1. The number of ether oxygens (including phenoxy) is 1. The van der Waals surface area contributed by atoms with Crippen LogP contribution < -0.4 is 10.6 Å². The number of amides is 1. The predicted octanol–water partition coefficient (Wildman–Crippen LogP) is 3.39. The molecule has 4 heterocycles. The molecule has 1 fully saturated rings. The molecular weight excluding hydrogens is 500 g/mol. The molecule has 2 aliphatic rings. The zero-order valence-corrected chi connectivity index (χ0v) is 22.6. The van der Waals surface area contributed by atoms with Crippen LogP contribution in [0.2, 0.25) is 0 Å². The highest BCUT2D eigenvalue weighted by atomic mass is 32.2. The normalized spacial score (nSPS) is 17.4. The Balaban J connectivity index is 1.59. The maximum Gasteiger partial charge on any atom is 0.350 e. The summed E-state index contributed by atoms with van der Waals surface area (Å²) in [6, 6.07) is 8.32. The van der Waals surface area contributed by atoms with Crippen molar-refractivity contribution in [2.45, 2.75) is 17.9 Å². The van der Waals surface area contributed by atoms with Gasteiger partial charge >= 0.3 is 5.69 Å². The van der Waals surface area contributed by atoms with Gasteiger partial charge in [-0.25, -0.2) is 4.79 Å². The van der Waals surface area contributed by atoms with Crippen molar-refractivity contribution >= 4 is 45.3 Å². The third kappa shape index (κ3) is 3.82. The smallest absolute Gasteiger partial charge is 0.350 e. The van der Waals surface area contributed by atoms with Gasteiger partial charge < -0.3 is 14.5 Å². The molecule has 1 atom stereocenters. The van der Waals surface area contributed by atoms with Crippen molar-refractivity contribution in [1.82, 2.24) is 24.2 Å². The number of thioether (sulfide) groups is 1. The van der Waals surface area contributed by atoms with Crippen LogP contribution in [0, 0.1) is 6.92 Å². The van der Waals surface area contributed by atoms with Crippen LogP contribution >= 0.6 is 11.8 Å². The van der Waals surface area contributed by atoms with Crippen molar-refractivity contribution in [2.24, 2.45) is 7.05 Å². The van der Waals surface area contributed by atoms with Crippen molar-refractivity contribution in [3.8, 4) is 11.1 Å². The Morgan fingerprint density at radius 2 is 2.03 bits per heavy atom. The minimum atomic E-state index is -0.269. The molecule has 0 saturated carbocycles. The zero-order valence-electron chi connectivity index (χ0n) is 21.8. The van der Waals surface area contributed by atoms with Gasteiger partial charge in [-0.2, -0.15) is 10.1 Å². The van der Waals surface area contributed by atoms with Crippen molar-refractivity contribution in [3.05, 3.63) is 59.2 Å². The standard InChI is InChI=1S/C28H30N6O3S/c1-5-22(35)32-9-11-33(12-10-32)27-21-13-17(2)23(20-8-6-7-18-14-29-31(3)24(18)20)26-25(21)34(28(36)30-27)19(15-37-4)16-38-26/h5-8,13-14,19H,1,9-12,15-16H2,2-4H3/t19-/m0/s1. The van der Waals surface area contributed by atoms with Crippen LogP contribution in [0.1, 0.15) is 11.6 Å². The molecule has 0 aliphatic carbocycles. The molecule has 1 amide bonds. The van der Waals surface area contributed by atoms with Crippen LogP contribution in [0.4, 0.5) is 5.82 Å². The van der Waals surface area contributed by atoms with Crippen LogP contribution in [-0.2, 0) is 16.6 Å². The van der Waals surface area contributed by atoms with E-state index in [-0.39, 0.29) is 17.6 Å². The van der Waals surface area contributed by atoms with Gasteiger partial charge in [-0.15, -0.1) is 11.8 Å². The number of fused-ring (bicyclic) bond motifs is 1. The zero-order chi connectivity index (χ0) is 26.6. The molecule has 2 aromatic carbocycles. The second kappa shape index (κ2) is 9.59. The number of anilines is 1. The molecule has 0 spiro atoms. The van der Waals surface area contributed by atoms with Crippen molar-refractivity contribution < 1.29 is 9.53 Å². The molecule has 2 aliphatic heterocycles. The Morgan fingerprint density at radius 1 is 1.24 bits per heavy atom. The number of hydrogen-bond donors (Lipinski definition) is 0. The first kappa shape index (κ1) is 24.7. The highest BCUT2D eigenvalue weighted by Crippen LogP contribution is 2.47. The Hall–Kier alpha value is -3.63. The molecule has 0 unspecified atom stereocenters. The molecule has 38 heavy (non-hydrogen) atoms. The molecule has 196 valence electrons. The van der Waals surface area contributed by atoms with Gasteiger partial charge in [-0.1, -0.05) is 24.8 Å². The Bertz CT molecular complexity index is 1650. The summed E-state index contributed by atoms with van der Waals surface area (Å²) < 4.78 is 9.25. The molecule has 1 saturated heterocycles. The summed E-state index contributed by atoms with van der Waals surface area (Å²) in [6.07, 6.45) is 3.24. The molecule has 0 bridgehead atoms. The molecule has 10 heteroatoms. The fraction of sp³-hybridized carbons (Fsp3) is 0.357. The summed E-state index contributed by atoms with van der Waals surface area (Å²) in [5.74, 6) is 1.33. The van der Waals surface area contributed by atoms with Gasteiger partial charge in [0, 0.05) is 72.9 Å². The van der Waals surface area contributed by atoms with Crippen molar-refractivity contribution in [2.75, 3.05) is 50.5 Å². The number of rotatable bonds is 5. The van der Waals surface area contributed by atoms with Crippen molar-refractivity contribution in [1.29, 1.82) is 0 Å². The van der Waals surface area contributed by atoms with Crippen LogP contribution in [0.15, 0.2) is 52.8 Å². The quantitative estimate of drug-likeness (QED) is 0.366. The second-order valence-corrected chi connectivity index (χ2v) is 10.9. The van der Waals surface area contributed by atoms with Crippen LogP contribution in [-0.4, -0.2) is 75.8 Å². The van der Waals surface area contributed by atoms with E-state index in [0.717, 1.165) is 49.1 Å². The minimum absolute atomic E-state index is 0.0711. The van der Waals surface area contributed by atoms with Gasteiger partial charge in [0.15, 0.2) is 0 Å². The topological polar surface area (TPSA) is 85.5 Å². The molecule has 0 radical (unpaired) electrons. The average molecular weight is 531 g/mol. The molecule has 2 aromatic heterocycles. The van der Waals surface area contributed by atoms with Gasteiger partial charge in [0.1, 0.15) is 5.82 Å². The maximum absolute atomic E-state index is 13.6. The van der Waals surface area contributed by atoms with E-state index in [0.29, 0.717) is 38.6 Å². The van der Waals surface area contributed by atoms with E-state index < -0.39 is 0 Å². The monoisotopic (exact) mass is 530 g/mol. The minimum Gasteiger partial charge on any atom is -0.383 e. The first-order valence-electron chi connectivity index (χ1n) is 12.7. The van der Waals surface area contributed by atoms with Gasteiger partial charge in [0.2, 0.25) is 5.91 Å². The Morgan fingerprint density at radius 3 is 2.76 bits per heavy atom. The van der Waals surface area contributed by atoms with Gasteiger partial charge in [0.25, 0.3) is 0 Å². The van der Waals surface area contributed by atoms with E-state index in [9.17, 15) is 9.59 Å². The summed E-state index contributed by atoms with van der Waals surface area (Å²) in [5.41, 5.74) is 5.05. The van der Waals surface area contributed by atoms with E-state index in [4.69, 9.17) is 4.74 Å². The SMILES string of the molecule is C=CC(=O)N1CCN(c2nc(=O)n3c4c(c(-c5cccc6cnn(C)c56)c(C)cc24)SC[C@@H]3COC)CC1. The number of piperazine rings is 1. The van der Waals surface area contributed by atoms with E-state index >= 15 is 0 Å². The number of hydrogen-bond acceptors (Lipinski definition) is 7. The summed E-state index contributed by atoms with van der Waals surface area (Å²) in [5, 5.41) is 6.53. The van der Waals surface area contributed by atoms with Crippen LogP contribution in [0.3, 0.4) is 0 Å². The third-order valence-corrected chi connectivity index (χ3v) is 8.82. The predicted molar refractivity (Wildman–Crippen MR) is 151 cm³/mol. The first-order chi connectivity index (χ1) is 18.4. The lowest BCUT2D eigenvalue weighted by Gasteiger charge is -2.36. The third-order valence-electron chi connectivity index (χ3n) is 7.58. The van der Waals surface area contributed by atoms with E-state index in [2.05, 4.69) is 52.8 Å². The van der Waals surface area contributed by atoms with E-state index in [1.54, 1.807) is 23.8 Å². The van der Waals surface area contributed by atoms with Crippen LogP contribution in [0.25, 0.3) is 32.9 Å². The highest BCUT2D eigenvalue weighted by molar-refractivity contribution is 7.99. The number of aromatic nitrogens is 4. The number of methoxy groups -OCH3 is 1. The Labute approximate surface area is 224 Å². The van der Waals surface area contributed by atoms with Crippen molar-refractivity contribution in [3.63, 3.8) is 0 Å². The van der Waals surface area contributed by atoms with E-state index in [1.807, 2.05) is 22.5 Å². The number of benzene rings is 2. The molecular formula is C28H30N6O3S. The number of para-hydroxylation sites is 1. The fourth-order valence-corrected chi connectivity index (χ4v) is 7.18. The summed E-state index contributed by atoms with van der Waals surface area (Å²) in [6.45, 7) is 8.49. The summed E-state index contributed by atoms with van der Waals surface area (Å²) >= 11 is 1.77. The molecule has 9 nitrogen and oxygen atoms in total. The first-order valence-corrected chi connectivity index (χ1v) is 13.7. The van der Waals surface area contributed by atoms with Gasteiger partial charge in [0.05, 0.1) is 29.9 Å². The largest absolute Gasteiger partial charge is 0.383 e. The average Bonchev–Trinajstić information content (AvgIpc) is 3.32. The Kier molecular flexibility index (Phi) is 6.23. The second-order valence-electron chi connectivity index (χ2n) is 9.83. The fourth-order valence-electron chi connectivity index (χ4n) is 5.81. The molecule has 0 N–H and O–H groups in total.